The van der Waals surface area contributed by atoms with Gasteiger partial charge in [-0.05, 0) is 60.9 Å². The first-order valence-electron chi connectivity index (χ1n) is 14.1. The van der Waals surface area contributed by atoms with Crippen molar-refractivity contribution in [2.75, 3.05) is 20.3 Å². The summed E-state index contributed by atoms with van der Waals surface area (Å²) in [5, 5.41) is 0. The molecular weight excluding hydrogens is 464 g/mol. The first-order chi connectivity index (χ1) is 18.2. The summed E-state index contributed by atoms with van der Waals surface area (Å²) in [6.45, 7) is 5.79. The number of hydrogen-bond acceptors (Lipinski definition) is 5. The van der Waals surface area contributed by atoms with E-state index in [1.54, 1.807) is 25.3 Å². The molecule has 2 aromatic rings. The molecule has 37 heavy (non-hydrogen) atoms. The number of hydrogen-bond donors (Lipinski definition) is 0. The third kappa shape index (κ3) is 13.2. The maximum atomic E-state index is 12.3. The van der Waals surface area contributed by atoms with Gasteiger partial charge in [0.2, 0.25) is 0 Å². The van der Waals surface area contributed by atoms with Crippen molar-refractivity contribution in [3.8, 4) is 23.0 Å². The van der Waals surface area contributed by atoms with Gasteiger partial charge in [0.15, 0.2) is 11.5 Å². The number of rotatable bonds is 20. The Bertz CT molecular complexity index is 904. The number of methoxy groups -OCH3 is 1. The van der Waals surface area contributed by atoms with Crippen molar-refractivity contribution in [1.82, 2.24) is 0 Å². The molecule has 0 aliphatic heterocycles. The third-order valence-electron chi connectivity index (χ3n) is 6.16. The molecule has 0 unspecified atom stereocenters. The van der Waals surface area contributed by atoms with Crippen LogP contribution in [0.1, 0.15) is 96.5 Å². The van der Waals surface area contributed by atoms with E-state index in [4.69, 9.17) is 18.9 Å². The average molecular weight is 511 g/mol. The van der Waals surface area contributed by atoms with E-state index in [0.717, 1.165) is 42.7 Å². The molecule has 2 aromatic carbocycles. The summed E-state index contributed by atoms with van der Waals surface area (Å²) < 4.78 is 22.5. The highest BCUT2D eigenvalue weighted by molar-refractivity contribution is 5.88. The quantitative estimate of drug-likeness (QED) is 0.0771. The second-order valence-corrected chi connectivity index (χ2v) is 9.37. The molecule has 0 aliphatic carbocycles. The Morgan fingerprint density at radius 1 is 0.676 bits per heavy atom. The molecule has 204 valence electrons. The molecule has 0 atom stereocenters. The van der Waals surface area contributed by atoms with Crippen LogP contribution in [0.4, 0.5) is 0 Å². The van der Waals surface area contributed by atoms with Crippen LogP contribution in [0.5, 0.6) is 23.0 Å². The Hall–Kier alpha value is -2.95. The van der Waals surface area contributed by atoms with Crippen molar-refractivity contribution in [2.24, 2.45) is 0 Å². The van der Waals surface area contributed by atoms with Crippen LogP contribution in [-0.4, -0.2) is 26.3 Å². The average Bonchev–Trinajstić information content (AvgIpc) is 2.92. The number of benzene rings is 2. The van der Waals surface area contributed by atoms with Gasteiger partial charge < -0.3 is 18.9 Å². The van der Waals surface area contributed by atoms with Crippen LogP contribution in [0.3, 0.4) is 0 Å². The molecule has 5 heteroatoms. The molecule has 0 radical (unpaired) electrons. The Labute approximate surface area is 224 Å². The number of esters is 1. The van der Waals surface area contributed by atoms with E-state index in [0.29, 0.717) is 24.7 Å². The van der Waals surface area contributed by atoms with E-state index >= 15 is 0 Å². The van der Waals surface area contributed by atoms with E-state index in [9.17, 15) is 4.79 Å². The fourth-order valence-corrected chi connectivity index (χ4v) is 3.96. The van der Waals surface area contributed by atoms with Crippen LogP contribution in [0.25, 0.3) is 6.08 Å². The first kappa shape index (κ1) is 30.3. The monoisotopic (exact) mass is 510 g/mol. The largest absolute Gasteiger partial charge is 0.494 e. The minimum atomic E-state index is -0.443. The van der Waals surface area contributed by atoms with Crippen molar-refractivity contribution in [2.45, 2.75) is 90.9 Å². The molecule has 0 fully saturated rings. The molecule has 0 spiro atoms. The molecule has 0 saturated heterocycles. The van der Waals surface area contributed by atoms with Gasteiger partial charge in [0.25, 0.3) is 0 Å². The lowest BCUT2D eigenvalue weighted by atomic mass is 10.1. The second kappa shape index (κ2) is 19.2. The highest BCUT2D eigenvalue weighted by Gasteiger charge is 2.06. The van der Waals surface area contributed by atoms with Gasteiger partial charge in [-0.3, -0.25) is 0 Å². The van der Waals surface area contributed by atoms with Crippen LogP contribution in [0, 0.1) is 0 Å². The summed E-state index contributed by atoms with van der Waals surface area (Å²) in [6, 6.07) is 12.8. The van der Waals surface area contributed by atoms with Crippen LogP contribution in [0.15, 0.2) is 48.5 Å². The molecule has 0 heterocycles. The Kier molecular flexibility index (Phi) is 15.7. The minimum Gasteiger partial charge on any atom is -0.494 e. The first-order valence-corrected chi connectivity index (χ1v) is 14.1. The maximum Gasteiger partial charge on any atom is 0.336 e. The fraction of sp³-hybridized carbons (Fsp3) is 0.531. The zero-order chi connectivity index (χ0) is 26.6. The summed E-state index contributed by atoms with van der Waals surface area (Å²) >= 11 is 0. The Morgan fingerprint density at radius 2 is 1.24 bits per heavy atom. The second-order valence-electron chi connectivity index (χ2n) is 9.37. The predicted molar refractivity (Wildman–Crippen MR) is 152 cm³/mol. The summed E-state index contributed by atoms with van der Waals surface area (Å²) in [5.74, 6) is 2.19. The number of unbranched alkanes of at least 4 members (excludes halogenated alkanes) is 10. The van der Waals surface area contributed by atoms with E-state index < -0.39 is 5.97 Å². The van der Waals surface area contributed by atoms with Crippen LogP contribution < -0.4 is 18.9 Å². The summed E-state index contributed by atoms with van der Waals surface area (Å²) in [7, 11) is 1.62. The van der Waals surface area contributed by atoms with E-state index in [2.05, 4.69) is 13.8 Å². The van der Waals surface area contributed by atoms with Gasteiger partial charge in [0.1, 0.15) is 11.5 Å². The predicted octanol–water partition coefficient (Wildman–Crippen LogP) is 8.79. The van der Waals surface area contributed by atoms with Gasteiger partial charge in [0, 0.05) is 6.08 Å². The van der Waals surface area contributed by atoms with E-state index in [1.165, 1.54) is 57.4 Å². The van der Waals surface area contributed by atoms with Gasteiger partial charge in [-0.1, -0.05) is 84.1 Å². The highest BCUT2D eigenvalue weighted by Crippen LogP contribution is 2.29. The molecular formula is C32H46O5. The molecule has 0 amide bonds. The number of ether oxygens (including phenoxy) is 4. The number of carbonyl (C=O) groups excluding carboxylic acids is 1. The third-order valence-corrected chi connectivity index (χ3v) is 6.16. The smallest absolute Gasteiger partial charge is 0.336 e. The van der Waals surface area contributed by atoms with Crippen molar-refractivity contribution >= 4 is 12.0 Å². The lowest BCUT2D eigenvalue weighted by Crippen LogP contribution is -2.04. The van der Waals surface area contributed by atoms with Crippen LogP contribution in [-0.2, 0) is 4.79 Å². The van der Waals surface area contributed by atoms with Crippen LogP contribution in [0.2, 0.25) is 0 Å². The van der Waals surface area contributed by atoms with Crippen molar-refractivity contribution in [3.63, 3.8) is 0 Å². The SMILES string of the molecule is CCCCCCCCCCCOc1ccc(C=CC(=O)Oc2ccc(OCCCCC)cc2)cc1OC. The van der Waals surface area contributed by atoms with Gasteiger partial charge in [-0.15, -0.1) is 0 Å². The zero-order valence-electron chi connectivity index (χ0n) is 23.1. The molecule has 0 aromatic heterocycles. The topological polar surface area (TPSA) is 54.0 Å². The Morgan fingerprint density at radius 3 is 1.92 bits per heavy atom. The molecule has 2 rings (SSSR count). The molecule has 0 aliphatic rings. The van der Waals surface area contributed by atoms with Crippen molar-refractivity contribution < 1.29 is 23.7 Å². The highest BCUT2D eigenvalue weighted by atomic mass is 16.5. The molecule has 0 N–H and O–H groups in total. The fourth-order valence-electron chi connectivity index (χ4n) is 3.96. The van der Waals surface area contributed by atoms with Crippen LogP contribution >= 0.6 is 0 Å². The minimum absolute atomic E-state index is 0.443. The summed E-state index contributed by atoms with van der Waals surface area (Å²) in [6.07, 6.45) is 18.0. The standard InChI is InChI=1S/C32H46O5/c1-4-6-8-9-10-11-12-13-15-25-36-30-22-16-27(26-31(30)34-3)17-23-32(33)37-29-20-18-28(19-21-29)35-24-14-7-5-2/h16-23,26H,4-15,24-25H2,1-3H3. The van der Waals surface area contributed by atoms with Gasteiger partial charge in [0.05, 0.1) is 20.3 Å². The maximum absolute atomic E-state index is 12.3. The lowest BCUT2D eigenvalue weighted by molar-refractivity contribution is -0.128. The van der Waals surface area contributed by atoms with Crippen molar-refractivity contribution in [3.05, 3.63) is 54.1 Å². The van der Waals surface area contributed by atoms with E-state index in [1.807, 2.05) is 30.3 Å². The van der Waals surface area contributed by atoms with Gasteiger partial charge in [-0.2, -0.15) is 0 Å². The van der Waals surface area contributed by atoms with E-state index in [-0.39, 0.29) is 0 Å². The molecule has 0 bridgehead atoms. The molecule has 0 saturated carbocycles. The Balaban J connectivity index is 1.72. The molecule has 5 nitrogen and oxygen atoms in total. The van der Waals surface area contributed by atoms with Gasteiger partial charge in [-0.25, -0.2) is 4.79 Å². The summed E-state index contributed by atoms with van der Waals surface area (Å²) in [4.78, 5) is 12.3. The zero-order valence-corrected chi connectivity index (χ0v) is 23.1. The lowest BCUT2D eigenvalue weighted by Gasteiger charge is -2.11. The normalized spacial score (nSPS) is 11.0. The van der Waals surface area contributed by atoms with Crippen molar-refractivity contribution in [1.29, 1.82) is 0 Å². The number of carbonyl (C=O) groups is 1. The van der Waals surface area contributed by atoms with Gasteiger partial charge >= 0.3 is 5.97 Å². The summed E-state index contributed by atoms with van der Waals surface area (Å²) in [5.41, 5.74) is 0.833.